The molecule has 1 heterocycles. The zero-order chi connectivity index (χ0) is 21.8. The second-order valence-electron chi connectivity index (χ2n) is 7.16. The molecule has 8 nitrogen and oxygen atoms in total. The summed E-state index contributed by atoms with van der Waals surface area (Å²) in [5.41, 5.74) is -0.907. The van der Waals surface area contributed by atoms with Crippen molar-refractivity contribution in [2.75, 3.05) is 6.61 Å². The van der Waals surface area contributed by atoms with Crippen molar-refractivity contribution in [3.05, 3.63) is 41.5 Å². The molecule has 0 fully saturated rings. The molecule has 2 rings (SSSR count). The van der Waals surface area contributed by atoms with E-state index in [1.54, 1.807) is 20.8 Å². The van der Waals surface area contributed by atoms with E-state index < -0.39 is 42.0 Å². The van der Waals surface area contributed by atoms with Gasteiger partial charge in [0.25, 0.3) is 0 Å². The van der Waals surface area contributed by atoms with E-state index in [2.05, 4.69) is 16.9 Å². The quantitative estimate of drug-likeness (QED) is 0.511. The molecule has 1 aromatic heterocycles. The second kappa shape index (κ2) is 9.23. The Labute approximate surface area is 171 Å². The van der Waals surface area contributed by atoms with Crippen molar-refractivity contribution < 1.29 is 33.0 Å². The van der Waals surface area contributed by atoms with Crippen LogP contribution in [0.25, 0.3) is 11.1 Å². The number of oxazole rings is 1. The Morgan fingerprint density at radius 2 is 2.14 bits per heavy atom. The van der Waals surface area contributed by atoms with Crippen molar-refractivity contribution in [2.24, 2.45) is 0 Å². The van der Waals surface area contributed by atoms with Crippen LogP contribution in [-0.4, -0.2) is 40.4 Å². The van der Waals surface area contributed by atoms with E-state index >= 15 is 0 Å². The molecule has 1 aromatic carbocycles. The van der Waals surface area contributed by atoms with Crippen LogP contribution in [0.3, 0.4) is 0 Å². The summed E-state index contributed by atoms with van der Waals surface area (Å²) in [6.45, 7) is 8.38. The molecule has 1 amide bonds. The van der Waals surface area contributed by atoms with Crippen molar-refractivity contribution in [2.45, 2.75) is 44.9 Å². The van der Waals surface area contributed by atoms with E-state index in [-0.39, 0.29) is 28.6 Å². The molecule has 2 atom stereocenters. The first kappa shape index (κ1) is 22.6. The average molecular weight is 429 g/mol. The fourth-order valence-electron chi connectivity index (χ4n) is 2.40. The van der Waals surface area contributed by atoms with E-state index in [9.17, 15) is 19.1 Å². The smallest absolute Gasteiger partial charge is 0.407 e. The number of rotatable bonds is 7. The maximum atomic E-state index is 14.0. The summed E-state index contributed by atoms with van der Waals surface area (Å²) in [4.78, 5) is 28.0. The predicted molar refractivity (Wildman–Crippen MR) is 103 cm³/mol. The van der Waals surface area contributed by atoms with Crippen molar-refractivity contribution in [1.29, 1.82) is 0 Å². The van der Waals surface area contributed by atoms with E-state index in [4.69, 9.17) is 25.5 Å². The van der Waals surface area contributed by atoms with Crippen LogP contribution >= 0.6 is 11.6 Å². The number of hydrogen-bond acceptors (Lipinski definition) is 7. The highest BCUT2D eigenvalue weighted by Gasteiger charge is 2.32. The largest absolute Gasteiger partial charge is 0.460 e. The molecule has 0 radical (unpaired) electrons. The molecular weight excluding hydrogens is 407 g/mol. The number of aliphatic hydroxyl groups is 1. The van der Waals surface area contributed by atoms with Crippen molar-refractivity contribution in [3.63, 3.8) is 0 Å². The number of hydrogen-bond donors (Lipinski definition) is 2. The standard InChI is InChI=1S/C19H22ClFN2O6/c1-5-6-27-18(26)22-12(9-14(24)29-19(2,3)4)16(25)17-23-15-11(21)7-10(20)8-13(15)28-17/h5,7-8,12,16,25H,1,6,9H2,2-4H3,(H,22,26)/t12-,16?/m0/s1. The number of benzene rings is 1. The minimum absolute atomic E-state index is 0.00861. The number of nitrogens with one attached hydrogen (secondary N) is 1. The third-order valence-corrected chi connectivity index (χ3v) is 3.72. The minimum Gasteiger partial charge on any atom is -0.460 e. The van der Waals surface area contributed by atoms with Gasteiger partial charge in [-0.15, -0.1) is 0 Å². The number of aromatic nitrogens is 1. The van der Waals surface area contributed by atoms with E-state index in [1.807, 2.05) is 0 Å². The fraction of sp³-hybridized carbons (Fsp3) is 0.421. The van der Waals surface area contributed by atoms with Gasteiger partial charge in [0.1, 0.15) is 17.7 Å². The normalized spacial score (nSPS) is 13.6. The maximum absolute atomic E-state index is 14.0. The van der Waals surface area contributed by atoms with E-state index in [0.29, 0.717) is 0 Å². The number of esters is 1. The van der Waals surface area contributed by atoms with Crippen LogP contribution in [0.2, 0.25) is 5.02 Å². The summed E-state index contributed by atoms with van der Waals surface area (Å²) in [6, 6.07) is 1.16. The number of ether oxygens (including phenoxy) is 2. The number of amides is 1. The molecule has 0 aliphatic heterocycles. The molecule has 0 aliphatic carbocycles. The Morgan fingerprint density at radius 1 is 1.45 bits per heavy atom. The van der Waals surface area contributed by atoms with Gasteiger partial charge in [-0.25, -0.2) is 14.2 Å². The van der Waals surface area contributed by atoms with E-state index in [1.165, 1.54) is 12.1 Å². The molecule has 158 valence electrons. The molecule has 2 N–H and O–H groups in total. The van der Waals surface area contributed by atoms with Gasteiger partial charge in [-0.2, -0.15) is 0 Å². The molecule has 10 heteroatoms. The van der Waals surface area contributed by atoms with Gasteiger partial charge in [-0.3, -0.25) is 4.79 Å². The van der Waals surface area contributed by atoms with Gasteiger partial charge in [0.2, 0.25) is 5.89 Å². The summed E-state index contributed by atoms with van der Waals surface area (Å²) in [5, 5.41) is 13.1. The first-order valence-electron chi connectivity index (χ1n) is 8.69. The molecule has 0 saturated carbocycles. The van der Waals surface area contributed by atoms with Gasteiger partial charge in [-0.05, 0) is 26.8 Å². The number of halogens is 2. The van der Waals surface area contributed by atoms with Gasteiger partial charge >= 0.3 is 12.1 Å². The topological polar surface area (TPSA) is 111 Å². The number of carbonyl (C=O) groups is 2. The number of alkyl carbamates (subject to hydrolysis) is 1. The summed E-state index contributed by atoms with van der Waals surface area (Å²) < 4.78 is 29.4. The predicted octanol–water partition coefficient (Wildman–Crippen LogP) is 3.67. The van der Waals surface area contributed by atoms with Crippen LogP contribution in [0.1, 0.15) is 39.2 Å². The van der Waals surface area contributed by atoms with Gasteiger partial charge < -0.3 is 24.3 Å². The Bertz CT molecular complexity index is 908. The fourth-order valence-corrected chi connectivity index (χ4v) is 2.60. The van der Waals surface area contributed by atoms with E-state index in [0.717, 1.165) is 6.07 Å². The zero-order valence-electron chi connectivity index (χ0n) is 16.2. The van der Waals surface area contributed by atoms with Crippen LogP contribution in [-0.2, 0) is 14.3 Å². The zero-order valence-corrected chi connectivity index (χ0v) is 17.0. The highest BCUT2D eigenvalue weighted by atomic mass is 35.5. The molecule has 0 aliphatic rings. The summed E-state index contributed by atoms with van der Waals surface area (Å²) in [6.07, 6.45) is -1.55. The van der Waals surface area contributed by atoms with Gasteiger partial charge in [0, 0.05) is 11.1 Å². The lowest BCUT2D eigenvalue weighted by Crippen LogP contribution is -2.42. The van der Waals surface area contributed by atoms with Gasteiger partial charge in [-0.1, -0.05) is 24.3 Å². The number of fused-ring (bicyclic) bond motifs is 1. The summed E-state index contributed by atoms with van der Waals surface area (Å²) in [7, 11) is 0. The van der Waals surface area contributed by atoms with Crippen LogP contribution in [0, 0.1) is 5.82 Å². The van der Waals surface area contributed by atoms with Crippen LogP contribution < -0.4 is 5.32 Å². The monoisotopic (exact) mass is 428 g/mol. The lowest BCUT2D eigenvalue weighted by Gasteiger charge is -2.24. The number of aliphatic hydroxyl groups excluding tert-OH is 1. The Balaban J connectivity index is 2.28. The van der Waals surface area contributed by atoms with Crippen LogP contribution in [0.15, 0.2) is 29.2 Å². The third-order valence-electron chi connectivity index (χ3n) is 3.51. The van der Waals surface area contributed by atoms with Crippen molar-refractivity contribution >= 4 is 34.8 Å². The second-order valence-corrected chi connectivity index (χ2v) is 7.60. The Hall–Kier alpha value is -2.65. The lowest BCUT2D eigenvalue weighted by molar-refractivity contribution is -0.156. The molecule has 0 saturated heterocycles. The molecule has 0 spiro atoms. The number of nitrogens with zero attached hydrogens (tertiary/aromatic N) is 1. The van der Waals surface area contributed by atoms with Gasteiger partial charge in [0.15, 0.2) is 17.5 Å². The van der Waals surface area contributed by atoms with Crippen molar-refractivity contribution in [1.82, 2.24) is 10.3 Å². The molecule has 2 aromatic rings. The minimum atomic E-state index is -1.59. The molecule has 1 unspecified atom stereocenters. The molecule has 29 heavy (non-hydrogen) atoms. The van der Waals surface area contributed by atoms with Crippen LogP contribution in [0.4, 0.5) is 9.18 Å². The average Bonchev–Trinajstić information content (AvgIpc) is 3.01. The van der Waals surface area contributed by atoms with Crippen molar-refractivity contribution in [3.8, 4) is 0 Å². The Kier molecular flexibility index (Phi) is 7.21. The van der Waals surface area contributed by atoms with Gasteiger partial charge in [0.05, 0.1) is 12.5 Å². The lowest BCUT2D eigenvalue weighted by atomic mass is 10.1. The number of carbonyl (C=O) groups excluding carboxylic acids is 2. The first-order chi connectivity index (χ1) is 13.5. The molecule has 0 bridgehead atoms. The van der Waals surface area contributed by atoms with Crippen LogP contribution in [0.5, 0.6) is 0 Å². The maximum Gasteiger partial charge on any atom is 0.407 e. The highest BCUT2D eigenvalue weighted by Crippen LogP contribution is 2.28. The Morgan fingerprint density at radius 3 is 2.76 bits per heavy atom. The first-order valence-corrected chi connectivity index (χ1v) is 9.07. The third kappa shape index (κ3) is 6.43. The summed E-state index contributed by atoms with van der Waals surface area (Å²) in [5.74, 6) is -1.73. The SMILES string of the molecule is C=CCOC(=O)N[C@@H](CC(=O)OC(C)(C)C)C(O)c1nc2c(F)cc(Cl)cc2o1. The molecular formula is C19H22ClFN2O6. The highest BCUT2D eigenvalue weighted by molar-refractivity contribution is 6.31. The summed E-state index contributed by atoms with van der Waals surface area (Å²) >= 11 is 5.79.